The highest BCUT2D eigenvalue weighted by molar-refractivity contribution is 5.03. The molecule has 96 valence electrons. The molecule has 0 saturated heterocycles. The van der Waals surface area contributed by atoms with Crippen LogP contribution < -0.4 is 5.73 Å². The molecule has 0 aliphatic heterocycles. The lowest BCUT2D eigenvalue weighted by Gasteiger charge is -2.14. The van der Waals surface area contributed by atoms with Crippen molar-refractivity contribution in [2.45, 2.75) is 31.0 Å². The van der Waals surface area contributed by atoms with E-state index in [1.807, 2.05) is 0 Å². The molecule has 1 aromatic rings. The van der Waals surface area contributed by atoms with Crippen LogP contribution in [0.5, 0.6) is 0 Å². The summed E-state index contributed by atoms with van der Waals surface area (Å²) in [6, 6.07) is -0.753. The van der Waals surface area contributed by atoms with Crippen molar-refractivity contribution >= 4 is 0 Å². The third-order valence-corrected chi connectivity index (χ3v) is 2.49. The molecule has 1 aromatic heterocycles. The number of alkyl halides is 5. The van der Waals surface area contributed by atoms with Crippen molar-refractivity contribution in [3.8, 4) is 0 Å². The molecule has 0 amide bonds. The Morgan fingerprint density at radius 2 is 1.82 bits per heavy atom. The number of hydrogen-bond donors (Lipinski definition) is 1. The van der Waals surface area contributed by atoms with Crippen molar-refractivity contribution in [1.82, 2.24) is 10.1 Å². The van der Waals surface area contributed by atoms with Crippen LogP contribution in [0.15, 0.2) is 4.52 Å². The molecule has 1 aliphatic rings. The van der Waals surface area contributed by atoms with Gasteiger partial charge in [0.25, 0.3) is 0 Å². The molecule has 9 heteroatoms. The monoisotopic (exact) mass is 257 g/mol. The van der Waals surface area contributed by atoms with Gasteiger partial charge in [0, 0.05) is 0 Å². The molecule has 0 spiro atoms. The smallest absolute Gasteiger partial charge is 0.332 e. The molecule has 2 N–H and O–H groups in total. The van der Waals surface area contributed by atoms with Gasteiger partial charge >= 0.3 is 18.0 Å². The third kappa shape index (κ3) is 2.11. The minimum atomic E-state index is -5.76. The van der Waals surface area contributed by atoms with Crippen molar-refractivity contribution < 1.29 is 26.5 Å². The Bertz CT molecular complexity index is 412. The lowest BCUT2D eigenvalue weighted by Crippen LogP contribution is -2.34. The number of hydrogen-bond acceptors (Lipinski definition) is 4. The summed E-state index contributed by atoms with van der Waals surface area (Å²) in [5.74, 6) is -7.20. The maximum atomic E-state index is 12.8. The zero-order chi connectivity index (χ0) is 12.8. The van der Waals surface area contributed by atoms with Crippen LogP contribution in [-0.2, 0) is 5.92 Å². The molecule has 0 aromatic carbocycles. The predicted octanol–water partition coefficient (Wildman–Crippen LogP) is 2.13. The molecule has 17 heavy (non-hydrogen) atoms. The first-order valence-electron chi connectivity index (χ1n) is 4.77. The topological polar surface area (TPSA) is 64.9 Å². The zero-order valence-corrected chi connectivity index (χ0v) is 8.34. The van der Waals surface area contributed by atoms with Crippen LogP contribution >= 0.6 is 0 Å². The Morgan fingerprint density at radius 1 is 1.24 bits per heavy atom. The summed E-state index contributed by atoms with van der Waals surface area (Å²) in [6.45, 7) is 0. The number of halogens is 5. The quantitative estimate of drug-likeness (QED) is 0.842. The van der Waals surface area contributed by atoms with E-state index < -0.39 is 24.0 Å². The minimum Gasteiger partial charge on any atom is -0.332 e. The van der Waals surface area contributed by atoms with Crippen LogP contribution in [0.3, 0.4) is 0 Å². The standard InChI is InChI=1S/C8H8F5N3O/c9-7(10,8(11,12)13)6-15-5(16-17-6)4(14)3-1-2-3/h3-4H,1-2,14H2. The molecule has 1 saturated carbocycles. The van der Waals surface area contributed by atoms with Gasteiger partial charge in [0.05, 0.1) is 6.04 Å². The first-order chi connectivity index (χ1) is 7.73. The summed E-state index contributed by atoms with van der Waals surface area (Å²) in [6.07, 6.45) is -4.21. The normalized spacial score (nSPS) is 19.4. The van der Waals surface area contributed by atoms with Gasteiger partial charge in [-0.15, -0.1) is 0 Å². The van der Waals surface area contributed by atoms with E-state index in [0.29, 0.717) is 0 Å². The van der Waals surface area contributed by atoms with Crippen molar-refractivity contribution in [2.75, 3.05) is 0 Å². The maximum Gasteiger partial charge on any atom is 0.463 e. The van der Waals surface area contributed by atoms with Gasteiger partial charge in [0.1, 0.15) is 0 Å². The maximum absolute atomic E-state index is 12.8. The number of aromatic nitrogens is 2. The van der Waals surface area contributed by atoms with Gasteiger partial charge < -0.3 is 10.3 Å². The van der Waals surface area contributed by atoms with E-state index in [2.05, 4.69) is 14.7 Å². The van der Waals surface area contributed by atoms with E-state index >= 15 is 0 Å². The summed E-state index contributed by atoms with van der Waals surface area (Å²) < 4.78 is 65.5. The second-order valence-corrected chi connectivity index (χ2v) is 3.89. The average Bonchev–Trinajstić information content (AvgIpc) is 2.92. The summed E-state index contributed by atoms with van der Waals surface area (Å²) in [5.41, 5.74) is 5.55. The fourth-order valence-electron chi connectivity index (χ4n) is 1.29. The van der Waals surface area contributed by atoms with Crippen molar-refractivity contribution in [3.63, 3.8) is 0 Å². The van der Waals surface area contributed by atoms with Crippen LogP contribution in [-0.4, -0.2) is 16.3 Å². The Balaban J connectivity index is 2.23. The predicted molar refractivity (Wildman–Crippen MR) is 43.9 cm³/mol. The van der Waals surface area contributed by atoms with E-state index in [1.165, 1.54) is 0 Å². The van der Waals surface area contributed by atoms with E-state index in [1.54, 1.807) is 0 Å². The first kappa shape index (κ1) is 12.2. The first-order valence-corrected chi connectivity index (χ1v) is 4.77. The summed E-state index contributed by atoms with van der Waals surface area (Å²) in [5, 5.41) is 3.07. The fourth-order valence-corrected chi connectivity index (χ4v) is 1.29. The highest BCUT2D eigenvalue weighted by atomic mass is 19.4. The molecule has 1 atom stereocenters. The Labute approximate surface area is 92.0 Å². The Hall–Kier alpha value is -1.25. The molecule has 0 bridgehead atoms. The van der Waals surface area contributed by atoms with E-state index in [9.17, 15) is 22.0 Å². The minimum absolute atomic E-state index is 0.0277. The number of rotatable bonds is 3. The van der Waals surface area contributed by atoms with Gasteiger partial charge in [0.15, 0.2) is 5.82 Å². The third-order valence-electron chi connectivity index (χ3n) is 2.49. The average molecular weight is 257 g/mol. The lowest BCUT2D eigenvalue weighted by molar-refractivity contribution is -0.298. The second kappa shape index (κ2) is 3.62. The van der Waals surface area contributed by atoms with Crippen molar-refractivity contribution in [2.24, 2.45) is 11.7 Å². The molecule has 2 rings (SSSR count). The Morgan fingerprint density at radius 3 is 2.29 bits per heavy atom. The van der Waals surface area contributed by atoms with Crippen LogP contribution in [0.2, 0.25) is 0 Å². The van der Waals surface area contributed by atoms with E-state index in [0.717, 1.165) is 12.8 Å². The van der Waals surface area contributed by atoms with E-state index in [-0.39, 0.29) is 11.7 Å². The van der Waals surface area contributed by atoms with Gasteiger partial charge in [-0.1, -0.05) is 5.16 Å². The summed E-state index contributed by atoms with van der Waals surface area (Å²) >= 11 is 0. The molecular formula is C8H8F5N3O. The van der Waals surface area contributed by atoms with Gasteiger partial charge in [-0.25, -0.2) is 0 Å². The fraction of sp³-hybridized carbons (Fsp3) is 0.750. The molecule has 0 radical (unpaired) electrons. The number of nitrogens with zero attached hydrogens (tertiary/aromatic N) is 2. The highest BCUT2D eigenvalue weighted by Gasteiger charge is 2.63. The largest absolute Gasteiger partial charge is 0.463 e. The van der Waals surface area contributed by atoms with Crippen molar-refractivity contribution in [3.05, 3.63) is 11.7 Å². The van der Waals surface area contributed by atoms with Crippen LogP contribution in [0.4, 0.5) is 22.0 Å². The molecule has 1 heterocycles. The highest BCUT2D eigenvalue weighted by Crippen LogP contribution is 2.44. The molecule has 4 nitrogen and oxygen atoms in total. The summed E-state index contributed by atoms with van der Waals surface area (Å²) in [4.78, 5) is 3.04. The van der Waals surface area contributed by atoms with Crippen LogP contribution in [0.1, 0.15) is 30.6 Å². The van der Waals surface area contributed by atoms with Crippen LogP contribution in [0.25, 0.3) is 0 Å². The molecule has 1 aliphatic carbocycles. The second-order valence-electron chi connectivity index (χ2n) is 3.89. The SMILES string of the molecule is NC(c1noc(C(F)(F)C(F)(F)F)n1)C1CC1. The van der Waals surface area contributed by atoms with Gasteiger partial charge in [-0.3, -0.25) is 0 Å². The van der Waals surface area contributed by atoms with Crippen molar-refractivity contribution in [1.29, 1.82) is 0 Å². The Kier molecular flexibility index (Phi) is 2.60. The van der Waals surface area contributed by atoms with E-state index in [4.69, 9.17) is 5.73 Å². The molecule has 1 unspecified atom stereocenters. The molecular weight excluding hydrogens is 249 g/mol. The van der Waals surface area contributed by atoms with Crippen LogP contribution in [0, 0.1) is 5.92 Å². The molecule has 1 fully saturated rings. The summed E-state index contributed by atoms with van der Waals surface area (Å²) in [7, 11) is 0. The lowest BCUT2D eigenvalue weighted by atomic mass is 10.2. The van der Waals surface area contributed by atoms with Gasteiger partial charge in [-0.2, -0.15) is 26.9 Å². The zero-order valence-electron chi connectivity index (χ0n) is 8.34. The van der Waals surface area contributed by atoms with Gasteiger partial charge in [-0.05, 0) is 18.8 Å². The number of nitrogens with two attached hydrogens (primary N) is 1. The van der Waals surface area contributed by atoms with Gasteiger partial charge in [0.2, 0.25) is 0 Å².